The van der Waals surface area contributed by atoms with E-state index in [0.717, 1.165) is 12.8 Å². The molecule has 2 saturated heterocycles. The number of sulfone groups is 2. The summed E-state index contributed by atoms with van der Waals surface area (Å²) < 4.78 is 55.5. The standard InChI is InChI=1S/C18H32N2O8S2/c21-17(19-11-15-5-9-29(23,24)13-15)27-7-3-1-2-4-8-28-18(22)20-12-16-6-10-30(25,26)14-16/h15-16H,1-14H2,(H,19,21)(H,20,22). The van der Waals surface area contributed by atoms with Crippen molar-refractivity contribution in [2.75, 3.05) is 49.3 Å². The van der Waals surface area contributed by atoms with Crippen molar-refractivity contribution >= 4 is 31.9 Å². The summed E-state index contributed by atoms with van der Waals surface area (Å²) in [4.78, 5) is 23.2. The van der Waals surface area contributed by atoms with Gasteiger partial charge in [0.2, 0.25) is 0 Å². The molecule has 0 spiro atoms. The third-order valence-corrected chi connectivity index (χ3v) is 8.90. The lowest BCUT2D eigenvalue weighted by atomic mass is 10.1. The van der Waals surface area contributed by atoms with Gasteiger partial charge >= 0.3 is 12.2 Å². The highest BCUT2D eigenvalue weighted by atomic mass is 32.2. The van der Waals surface area contributed by atoms with E-state index < -0.39 is 31.9 Å². The molecule has 0 aromatic carbocycles. The Hall–Kier alpha value is -1.56. The minimum absolute atomic E-state index is 0.0362. The molecule has 0 saturated carbocycles. The van der Waals surface area contributed by atoms with Gasteiger partial charge < -0.3 is 20.1 Å². The molecule has 10 nitrogen and oxygen atoms in total. The highest BCUT2D eigenvalue weighted by Gasteiger charge is 2.28. The molecule has 0 bridgehead atoms. The van der Waals surface area contributed by atoms with Crippen LogP contribution in [0.1, 0.15) is 38.5 Å². The summed E-state index contributed by atoms with van der Waals surface area (Å²) in [6.45, 7) is 1.18. The van der Waals surface area contributed by atoms with Crippen LogP contribution in [-0.2, 0) is 29.1 Å². The van der Waals surface area contributed by atoms with Crippen molar-refractivity contribution < 1.29 is 35.9 Å². The van der Waals surface area contributed by atoms with Crippen molar-refractivity contribution in [3.8, 4) is 0 Å². The molecule has 12 heteroatoms. The van der Waals surface area contributed by atoms with E-state index in [1.165, 1.54) is 0 Å². The van der Waals surface area contributed by atoms with E-state index >= 15 is 0 Å². The van der Waals surface area contributed by atoms with Crippen LogP contribution in [-0.4, -0.2) is 78.3 Å². The lowest BCUT2D eigenvalue weighted by molar-refractivity contribution is 0.137. The number of carbonyl (C=O) groups is 2. The molecule has 2 rings (SSSR count). The number of unbranched alkanes of at least 4 members (excludes halogenated alkanes) is 3. The Kier molecular flexibility index (Phi) is 9.66. The molecule has 2 aliphatic heterocycles. The van der Waals surface area contributed by atoms with E-state index in [4.69, 9.17) is 9.47 Å². The Labute approximate surface area is 178 Å². The number of rotatable bonds is 11. The first-order valence-corrected chi connectivity index (χ1v) is 14.0. The number of amides is 2. The van der Waals surface area contributed by atoms with E-state index in [-0.39, 0.29) is 48.1 Å². The first-order valence-electron chi connectivity index (χ1n) is 10.4. The second kappa shape index (κ2) is 11.7. The fraction of sp³-hybridized carbons (Fsp3) is 0.889. The summed E-state index contributed by atoms with van der Waals surface area (Å²) >= 11 is 0. The van der Waals surface area contributed by atoms with Gasteiger partial charge in [0.25, 0.3) is 0 Å². The number of hydrogen-bond donors (Lipinski definition) is 2. The number of hydrogen-bond acceptors (Lipinski definition) is 8. The molecule has 30 heavy (non-hydrogen) atoms. The third kappa shape index (κ3) is 9.96. The van der Waals surface area contributed by atoms with Crippen molar-refractivity contribution in [1.82, 2.24) is 10.6 Å². The fourth-order valence-corrected chi connectivity index (χ4v) is 7.23. The van der Waals surface area contributed by atoms with Gasteiger partial charge in [0, 0.05) is 13.1 Å². The summed E-state index contributed by atoms with van der Waals surface area (Å²) in [5.74, 6) is 0.540. The Morgan fingerprint density at radius 3 is 1.43 bits per heavy atom. The lowest BCUT2D eigenvalue weighted by Gasteiger charge is -2.11. The molecule has 2 fully saturated rings. The largest absolute Gasteiger partial charge is 0.450 e. The molecular formula is C18H32N2O8S2. The quantitative estimate of drug-likeness (QED) is 0.425. The molecule has 0 aromatic heterocycles. The fourth-order valence-electron chi connectivity index (χ4n) is 3.51. The topological polar surface area (TPSA) is 145 Å². The van der Waals surface area contributed by atoms with Crippen LogP contribution in [0.4, 0.5) is 9.59 Å². The zero-order valence-corrected chi connectivity index (χ0v) is 18.8. The van der Waals surface area contributed by atoms with Crippen LogP contribution < -0.4 is 10.6 Å². The normalized spacial score (nSPS) is 24.3. The van der Waals surface area contributed by atoms with Crippen molar-refractivity contribution in [3.05, 3.63) is 0 Å². The Morgan fingerprint density at radius 2 is 1.10 bits per heavy atom. The van der Waals surface area contributed by atoms with Gasteiger partial charge in [0.05, 0.1) is 36.2 Å². The molecule has 2 unspecified atom stereocenters. The Bertz CT molecular complexity index is 716. The monoisotopic (exact) mass is 468 g/mol. The molecule has 0 aliphatic carbocycles. The lowest BCUT2D eigenvalue weighted by Crippen LogP contribution is -2.30. The van der Waals surface area contributed by atoms with E-state index in [9.17, 15) is 26.4 Å². The number of nitrogens with one attached hydrogen (secondary N) is 2. The molecule has 0 aromatic rings. The van der Waals surface area contributed by atoms with Crippen molar-refractivity contribution in [2.24, 2.45) is 11.8 Å². The molecular weight excluding hydrogens is 436 g/mol. The van der Waals surface area contributed by atoms with E-state index in [0.29, 0.717) is 38.8 Å². The van der Waals surface area contributed by atoms with E-state index in [2.05, 4.69) is 10.6 Å². The first kappa shape index (κ1) is 24.7. The molecule has 0 radical (unpaired) electrons. The van der Waals surface area contributed by atoms with Crippen LogP contribution in [0.25, 0.3) is 0 Å². The summed E-state index contributed by atoms with van der Waals surface area (Å²) in [5.41, 5.74) is 0. The summed E-state index contributed by atoms with van der Waals surface area (Å²) in [5, 5.41) is 5.20. The van der Waals surface area contributed by atoms with Gasteiger partial charge in [-0.15, -0.1) is 0 Å². The van der Waals surface area contributed by atoms with Crippen LogP contribution in [0.3, 0.4) is 0 Å². The number of carbonyl (C=O) groups excluding carboxylic acids is 2. The average molecular weight is 469 g/mol. The number of ether oxygens (including phenoxy) is 2. The van der Waals surface area contributed by atoms with Crippen molar-refractivity contribution in [1.29, 1.82) is 0 Å². The average Bonchev–Trinajstić information content (AvgIpc) is 3.21. The van der Waals surface area contributed by atoms with Gasteiger partial charge in [0.15, 0.2) is 19.7 Å². The Balaban J connectivity index is 1.37. The van der Waals surface area contributed by atoms with Crippen LogP contribution in [0.5, 0.6) is 0 Å². The summed E-state index contributed by atoms with van der Waals surface area (Å²) in [6.07, 6.45) is 3.10. The van der Waals surface area contributed by atoms with Crippen LogP contribution >= 0.6 is 0 Å². The van der Waals surface area contributed by atoms with E-state index in [1.54, 1.807) is 0 Å². The smallest absolute Gasteiger partial charge is 0.407 e. The number of alkyl carbamates (subject to hydrolysis) is 2. The summed E-state index contributed by atoms with van der Waals surface area (Å²) in [7, 11) is -5.88. The predicted molar refractivity (Wildman–Crippen MR) is 111 cm³/mol. The zero-order chi connectivity index (χ0) is 22.0. The molecule has 2 aliphatic rings. The maximum Gasteiger partial charge on any atom is 0.407 e. The van der Waals surface area contributed by atoms with Crippen LogP contribution in [0.2, 0.25) is 0 Å². The molecule has 2 N–H and O–H groups in total. The SMILES string of the molecule is O=C(NCC1CCS(=O)(=O)C1)OCCCCCCOC(=O)NCC1CCS(=O)(=O)C1. The molecule has 174 valence electrons. The summed E-state index contributed by atoms with van der Waals surface area (Å²) in [6, 6.07) is 0. The third-order valence-electron chi connectivity index (χ3n) is 5.23. The maximum atomic E-state index is 11.6. The van der Waals surface area contributed by atoms with Gasteiger partial charge in [-0.2, -0.15) is 0 Å². The second-order valence-electron chi connectivity index (χ2n) is 7.99. The highest BCUT2D eigenvalue weighted by Crippen LogP contribution is 2.18. The van der Waals surface area contributed by atoms with Gasteiger partial charge in [-0.3, -0.25) is 0 Å². The van der Waals surface area contributed by atoms with Crippen molar-refractivity contribution in [2.45, 2.75) is 38.5 Å². The van der Waals surface area contributed by atoms with Gasteiger partial charge in [-0.05, 0) is 50.4 Å². The molecule has 2 atom stereocenters. The zero-order valence-electron chi connectivity index (χ0n) is 17.1. The van der Waals surface area contributed by atoms with Gasteiger partial charge in [0.1, 0.15) is 0 Å². The minimum atomic E-state index is -2.94. The maximum absolute atomic E-state index is 11.6. The van der Waals surface area contributed by atoms with Crippen LogP contribution in [0, 0.1) is 11.8 Å². The van der Waals surface area contributed by atoms with Crippen LogP contribution in [0.15, 0.2) is 0 Å². The minimum Gasteiger partial charge on any atom is -0.450 e. The first-order chi connectivity index (χ1) is 14.2. The second-order valence-corrected chi connectivity index (χ2v) is 12.4. The highest BCUT2D eigenvalue weighted by molar-refractivity contribution is 7.91. The van der Waals surface area contributed by atoms with Crippen molar-refractivity contribution in [3.63, 3.8) is 0 Å². The predicted octanol–water partition coefficient (Wildman–Crippen LogP) is 0.869. The van der Waals surface area contributed by atoms with Gasteiger partial charge in [-0.1, -0.05) is 0 Å². The molecule has 2 amide bonds. The Morgan fingerprint density at radius 1 is 0.700 bits per heavy atom. The molecule has 2 heterocycles. The van der Waals surface area contributed by atoms with E-state index in [1.807, 2.05) is 0 Å². The van der Waals surface area contributed by atoms with Gasteiger partial charge in [-0.25, -0.2) is 26.4 Å².